The molecule has 0 unspecified atom stereocenters. The van der Waals surface area contributed by atoms with Gasteiger partial charge in [-0.05, 0) is 18.2 Å². The molecule has 0 bridgehead atoms. The predicted octanol–water partition coefficient (Wildman–Crippen LogP) is 0.778. The Hall–Kier alpha value is -2.78. The molecule has 0 aliphatic heterocycles. The van der Waals surface area contributed by atoms with Crippen LogP contribution in [0.25, 0.3) is 5.70 Å². The number of allylic oxidation sites excluding steroid dienone is 1. The lowest BCUT2D eigenvalue weighted by Gasteiger charge is -2.33. The Kier molecular flexibility index (Phi) is 2.58. The molecule has 0 N–H and O–H groups in total. The molecule has 10 heteroatoms. The minimum Gasteiger partial charge on any atom is -0.359 e. The van der Waals surface area contributed by atoms with E-state index in [1.54, 1.807) is 13.0 Å². The first-order chi connectivity index (χ1) is 9.86. The van der Waals surface area contributed by atoms with Crippen LogP contribution in [0.5, 0.6) is 0 Å². The van der Waals surface area contributed by atoms with Crippen molar-refractivity contribution < 1.29 is 19.4 Å². The Balaban J connectivity index is 2.31. The topological polar surface area (TPSA) is 139 Å². The summed E-state index contributed by atoms with van der Waals surface area (Å²) in [4.78, 5) is 21.4. The van der Waals surface area contributed by atoms with Crippen LogP contribution in [0.2, 0.25) is 0 Å². The summed E-state index contributed by atoms with van der Waals surface area (Å²) < 4.78 is 4.43. The van der Waals surface area contributed by atoms with Gasteiger partial charge in [-0.15, -0.1) is 0 Å². The average Bonchev–Trinajstić information content (AvgIpc) is 2.80. The molecule has 2 aliphatic rings. The Labute approximate surface area is 117 Å². The van der Waals surface area contributed by atoms with Crippen LogP contribution in [0, 0.1) is 25.4 Å². The lowest BCUT2D eigenvalue weighted by Crippen LogP contribution is -2.50. The van der Waals surface area contributed by atoms with E-state index >= 15 is 0 Å². The van der Waals surface area contributed by atoms with Crippen LogP contribution in [-0.2, 0) is 0 Å². The third kappa shape index (κ3) is 1.65. The Morgan fingerprint density at radius 1 is 1.48 bits per heavy atom. The molecular weight excluding hydrogens is 284 g/mol. The number of nitrogens with zero attached hydrogens (tertiary/aromatic N) is 4. The molecule has 0 fully saturated rings. The maximum atomic E-state index is 11.8. The third-order valence-electron chi connectivity index (χ3n) is 4.05. The zero-order chi connectivity index (χ0) is 15.4. The van der Waals surface area contributed by atoms with E-state index in [0.717, 1.165) is 11.6 Å². The van der Waals surface area contributed by atoms with Crippen LogP contribution >= 0.6 is 0 Å². The molecule has 21 heavy (non-hydrogen) atoms. The fourth-order valence-corrected chi connectivity index (χ4v) is 2.98. The number of nitro groups is 2. The molecule has 0 saturated heterocycles. The minimum absolute atomic E-state index is 0.0154. The lowest BCUT2D eigenvalue weighted by atomic mass is 9.69. The van der Waals surface area contributed by atoms with Gasteiger partial charge in [0.2, 0.25) is 5.69 Å². The fraction of sp³-hybridized carbons (Fsp3) is 0.455. The minimum atomic E-state index is -1.72. The summed E-state index contributed by atoms with van der Waals surface area (Å²) in [7, 11) is 0. The molecule has 0 aromatic carbocycles. The molecular formula is C11H10N4O6. The van der Waals surface area contributed by atoms with Gasteiger partial charge in [-0.25, -0.2) is 0 Å². The highest BCUT2D eigenvalue weighted by Gasteiger charge is 2.61. The van der Waals surface area contributed by atoms with E-state index in [-0.39, 0.29) is 29.1 Å². The van der Waals surface area contributed by atoms with Gasteiger partial charge >= 0.3 is 11.4 Å². The zero-order valence-electron chi connectivity index (χ0n) is 10.9. The molecule has 10 nitrogen and oxygen atoms in total. The van der Waals surface area contributed by atoms with Gasteiger partial charge in [0.25, 0.3) is 5.54 Å². The second-order valence-electron chi connectivity index (χ2n) is 5.21. The highest BCUT2D eigenvalue weighted by Crippen LogP contribution is 2.48. The highest BCUT2D eigenvalue weighted by atomic mass is 16.8. The molecule has 0 amide bonds. The number of rotatable bonds is 2. The van der Waals surface area contributed by atoms with Gasteiger partial charge in [0.15, 0.2) is 0 Å². The molecule has 0 saturated carbocycles. The van der Waals surface area contributed by atoms with E-state index < -0.39 is 27.0 Å². The summed E-state index contributed by atoms with van der Waals surface area (Å²) in [5.74, 6) is -0.833. The molecule has 3 rings (SSSR count). The van der Waals surface area contributed by atoms with Crippen molar-refractivity contribution in [1.82, 2.24) is 5.16 Å². The van der Waals surface area contributed by atoms with Crippen LogP contribution in [-0.4, -0.2) is 20.5 Å². The number of hydrogen-bond donors (Lipinski definition) is 0. The predicted molar refractivity (Wildman–Crippen MR) is 65.9 cm³/mol. The molecule has 2 atom stereocenters. The fourth-order valence-electron chi connectivity index (χ4n) is 2.98. The first kappa shape index (κ1) is 13.2. The summed E-state index contributed by atoms with van der Waals surface area (Å²) in [6.45, 7) is 1.79. The standard InChI is InChI=1S/C11H10N4O6/c1-6-2-3-11(15(19)20)5-8(13(16)17)9-10(7(11)4-6)14(18)21-12-9/h2,5,7H,3-4H2,1H3/t7-,11-/m1/s1. The molecule has 1 aromatic rings. The Morgan fingerprint density at radius 3 is 2.81 bits per heavy atom. The van der Waals surface area contributed by atoms with E-state index in [2.05, 4.69) is 9.79 Å². The van der Waals surface area contributed by atoms with Gasteiger partial charge in [-0.3, -0.25) is 24.9 Å². The van der Waals surface area contributed by atoms with Crippen LogP contribution < -0.4 is 4.90 Å². The van der Waals surface area contributed by atoms with Crippen molar-refractivity contribution in [2.24, 2.45) is 0 Å². The van der Waals surface area contributed by atoms with Crippen molar-refractivity contribution in [2.75, 3.05) is 0 Å². The maximum Gasteiger partial charge on any atom is 0.329 e. The van der Waals surface area contributed by atoms with Gasteiger partial charge in [0.05, 0.1) is 16.2 Å². The smallest absolute Gasteiger partial charge is 0.329 e. The maximum absolute atomic E-state index is 11.8. The van der Waals surface area contributed by atoms with Gasteiger partial charge < -0.3 is 5.21 Å². The summed E-state index contributed by atoms with van der Waals surface area (Å²) >= 11 is 0. The van der Waals surface area contributed by atoms with E-state index in [1.165, 1.54) is 0 Å². The van der Waals surface area contributed by atoms with Crippen molar-refractivity contribution in [3.63, 3.8) is 0 Å². The van der Waals surface area contributed by atoms with E-state index in [4.69, 9.17) is 0 Å². The summed E-state index contributed by atoms with van der Waals surface area (Å²) in [5.41, 5.74) is -1.78. The van der Waals surface area contributed by atoms with E-state index in [0.29, 0.717) is 0 Å². The quantitative estimate of drug-likeness (QED) is 0.339. The number of fused-ring (bicyclic) bond motifs is 3. The first-order valence-corrected chi connectivity index (χ1v) is 6.14. The Morgan fingerprint density at radius 2 is 2.19 bits per heavy atom. The number of hydrogen-bond acceptors (Lipinski definition) is 7. The van der Waals surface area contributed by atoms with Crippen molar-refractivity contribution >= 4 is 5.70 Å². The van der Waals surface area contributed by atoms with Crippen LogP contribution in [0.15, 0.2) is 22.4 Å². The molecule has 2 aliphatic carbocycles. The van der Waals surface area contributed by atoms with Crippen LogP contribution in [0.4, 0.5) is 0 Å². The first-order valence-electron chi connectivity index (χ1n) is 6.14. The monoisotopic (exact) mass is 294 g/mol. The third-order valence-corrected chi connectivity index (χ3v) is 4.05. The zero-order valence-corrected chi connectivity index (χ0v) is 10.9. The van der Waals surface area contributed by atoms with Crippen molar-refractivity contribution in [3.8, 4) is 0 Å². The molecule has 0 spiro atoms. The van der Waals surface area contributed by atoms with E-state index in [1.807, 2.05) is 0 Å². The van der Waals surface area contributed by atoms with Crippen molar-refractivity contribution in [1.29, 1.82) is 0 Å². The van der Waals surface area contributed by atoms with Gasteiger partial charge in [-0.1, -0.05) is 11.6 Å². The SMILES string of the molecule is CC1=CC[C@@]2([N+](=O)[O-])C=C([N+](=O)[O-])c3no[n+]([O-])c3[C@H]2C1. The lowest BCUT2D eigenvalue weighted by molar-refractivity contribution is -0.810. The van der Waals surface area contributed by atoms with Gasteiger partial charge in [0, 0.05) is 11.3 Å². The van der Waals surface area contributed by atoms with Gasteiger partial charge in [0.1, 0.15) is 5.92 Å². The highest BCUT2D eigenvalue weighted by molar-refractivity contribution is 5.62. The van der Waals surface area contributed by atoms with Crippen molar-refractivity contribution in [3.05, 3.63) is 54.5 Å². The molecule has 110 valence electrons. The van der Waals surface area contributed by atoms with Crippen LogP contribution in [0.3, 0.4) is 0 Å². The largest absolute Gasteiger partial charge is 0.359 e. The molecule has 1 aromatic heterocycles. The Bertz CT molecular complexity index is 720. The second-order valence-corrected chi connectivity index (χ2v) is 5.21. The summed E-state index contributed by atoms with van der Waals surface area (Å²) in [5, 5.41) is 37.9. The number of aromatic nitrogens is 2. The summed E-state index contributed by atoms with van der Waals surface area (Å²) in [6.07, 6.45) is 2.89. The molecule has 1 heterocycles. The summed E-state index contributed by atoms with van der Waals surface area (Å²) in [6, 6.07) is 0. The van der Waals surface area contributed by atoms with E-state index in [9.17, 15) is 25.4 Å². The second kappa shape index (κ2) is 4.11. The normalized spacial score (nSPS) is 27.2. The molecule has 0 radical (unpaired) electrons. The van der Waals surface area contributed by atoms with Crippen LogP contribution in [0.1, 0.15) is 37.1 Å². The average molecular weight is 294 g/mol. The van der Waals surface area contributed by atoms with Gasteiger partial charge in [-0.2, -0.15) is 0 Å². The van der Waals surface area contributed by atoms with Crippen molar-refractivity contribution in [2.45, 2.75) is 31.2 Å².